The number of piperazine rings is 1. The lowest BCUT2D eigenvalue weighted by Gasteiger charge is -2.34. The van der Waals surface area contributed by atoms with E-state index >= 15 is 0 Å². The summed E-state index contributed by atoms with van der Waals surface area (Å²) in [5.41, 5.74) is 1.95. The van der Waals surface area contributed by atoms with Crippen molar-refractivity contribution in [3.8, 4) is 0 Å². The second kappa shape index (κ2) is 8.78. The lowest BCUT2D eigenvalue weighted by Crippen LogP contribution is -2.51. The van der Waals surface area contributed by atoms with Crippen LogP contribution in [-0.4, -0.2) is 73.0 Å². The maximum atomic E-state index is 13.0. The molecule has 1 aromatic rings. The Morgan fingerprint density at radius 2 is 1.53 bits per heavy atom. The van der Waals surface area contributed by atoms with Gasteiger partial charge in [-0.2, -0.15) is 4.31 Å². The maximum Gasteiger partial charge on any atom is 0.243 e. The Labute approximate surface area is 188 Å². The first-order chi connectivity index (χ1) is 15.2. The minimum absolute atomic E-state index is 0.0637. The number of amides is 3. The molecule has 0 N–H and O–H groups in total. The molecule has 4 rings (SSSR count). The van der Waals surface area contributed by atoms with Gasteiger partial charge in [-0.1, -0.05) is 18.2 Å². The first kappa shape index (κ1) is 22.7. The number of nitrogens with zero attached hydrogens (tertiary/aromatic N) is 3. The van der Waals surface area contributed by atoms with E-state index in [0.717, 1.165) is 11.1 Å². The Morgan fingerprint density at radius 3 is 2.09 bits per heavy atom. The Hall–Kier alpha value is -2.52. The van der Waals surface area contributed by atoms with E-state index in [0.29, 0.717) is 25.9 Å². The van der Waals surface area contributed by atoms with E-state index in [1.807, 2.05) is 26.0 Å². The molecule has 0 aromatic heterocycles. The van der Waals surface area contributed by atoms with Crippen LogP contribution in [0.25, 0.3) is 0 Å². The number of fused-ring (bicyclic) bond motifs is 1. The zero-order chi connectivity index (χ0) is 23.0. The average Bonchev–Trinajstić information content (AvgIpc) is 3.04. The summed E-state index contributed by atoms with van der Waals surface area (Å²) in [7, 11) is -3.61. The largest absolute Gasteiger partial charge is 0.340 e. The highest BCUT2D eigenvalue weighted by Gasteiger charge is 2.47. The first-order valence-electron chi connectivity index (χ1n) is 11.1. The van der Waals surface area contributed by atoms with Gasteiger partial charge in [0.2, 0.25) is 27.7 Å². The van der Waals surface area contributed by atoms with Crippen molar-refractivity contribution in [3.05, 3.63) is 41.5 Å². The number of sulfonamides is 1. The van der Waals surface area contributed by atoms with Crippen molar-refractivity contribution in [1.29, 1.82) is 0 Å². The Balaban J connectivity index is 1.31. The van der Waals surface area contributed by atoms with Crippen molar-refractivity contribution >= 4 is 27.7 Å². The van der Waals surface area contributed by atoms with E-state index in [1.165, 1.54) is 9.21 Å². The Morgan fingerprint density at radius 1 is 0.938 bits per heavy atom. The molecule has 2 saturated heterocycles. The van der Waals surface area contributed by atoms with Crippen molar-refractivity contribution < 1.29 is 22.8 Å². The number of likely N-dealkylation sites (tertiary alicyclic amines) is 1. The zero-order valence-corrected chi connectivity index (χ0v) is 19.3. The standard InChI is InChI=1S/C23H29N3O5S/c1-16-7-8-18(15-17(16)2)32(30,31)25-13-11-24(12-14-25)21(27)9-10-26-22(28)19-5-3-4-6-20(19)23(26)29/h3-4,7-8,15,19-20H,5-6,9-14H2,1-2H3/t19-,20+. The first-order valence-corrected chi connectivity index (χ1v) is 12.5. The fraction of sp³-hybridized carbons (Fsp3) is 0.522. The van der Waals surface area contributed by atoms with Gasteiger partial charge in [0.1, 0.15) is 0 Å². The third-order valence-electron chi connectivity index (χ3n) is 6.86. The van der Waals surface area contributed by atoms with Gasteiger partial charge in [0.05, 0.1) is 16.7 Å². The number of aryl methyl sites for hydroxylation is 2. The van der Waals surface area contributed by atoms with Gasteiger partial charge >= 0.3 is 0 Å². The molecule has 1 aliphatic carbocycles. The lowest BCUT2D eigenvalue weighted by molar-refractivity contribution is -0.141. The zero-order valence-electron chi connectivity index (χ0n) is 18.5. The predicted octanol–water partition coefficient (Wildman–Crippen LogP) is 1.48. The third kappa shape index (κ3) is 4.11. The molecule has 172 valence electrons. The maximum absolute atomic E-state index is 13.0. The number of hydrogen-bond donors (Lipinski definition) is 0. The summed E-state index contributed by atoms with van der Waals surface area (Å²) in [5.74, 6) is -1.10. The summed E-state index contributed by atoms with van der Waals surface area (Å²) >= 11 is 0. The van der Waals surface area contributed by atoms with E-state index in [4.69, 9.17) is 0 Å². The number of carbonyl (C=O) groups is 3. The normalized spacial score (nSPS) is 24.2. The molecule has 8 nitrogen and oxygen atoms in total. The van der Waals surface area contributed by atoms with Crippen molar-refractivity contribution in [2.75, 3.05) is 32.7 Å². The van der Waals surface area contributed by atoms with Crippen LogP contribution in [0.3, 0.4) is 0 Å². The predicted molar refractivity (Wildman–Crippen MR) is 118 cm³/mol. The molecule has 0 saturated carbocycles. The second-order valence-electron chi connectivity index (χ2n) is 8.76. The van der Waals surface area contributed by atoms with Gasteiger partial charge in [0.25, 0.3) is 0 Å². The molecular formula is C23H29N3O5S. The van der Waals surface area contributed by atoms with Crippen LogP contribution >= 0.6 is 0 Å². The molecule has 32 heavy (non-hydrogen) atoms. The van der Waals surface area contributed by atoms with Crippen LogP contribution in [0.15, 0.2) is 35.2 Å². The lowest BCUT2D eigenvalue weighted by atomic mass is 9.85. The van der Waals surface area contributed by atoms with Crippen LogP contribution in [0.5, 0.6) is 0 Å². The average molecular weight is 460 g/mol. The van der Waals surface area contributed by atoms with Gasteiger partial charge in [-0.15, -0.1) is 0 Å². The van der Waals surface area contributed by atoms with Crippen LogP contribution in [-0.2, 0) is 24.4 Å². The van der Waals surface area contributed by atoms with Gasteiger partial charge < -0.3 is 4.90 Å². The minimum atomic E-state index is -3.61. The van der Waals surface area contributed by atoms with Gasteiger partial charge in [-0.3, -0.25) is 19.3 Å². The van der Waals surface area contributed by atoms with E-state index in [-0.39, 0.29) is 60.5 Å². The molecule has 3 amide bonds. The molecule has 2 heterocycles. The molecule has 0 unspecified atom stereocenters. The molecule has 9 heteroatoms. The monoisotopic (exact) mass is 459 g/mol. The molecule has 1 aromatic carbocycles. The summed E-state index contributed by atoms with van der Waals surface area (Å²) in [6.07, 6.45) is 5.10. The molecule has 0 spiro atoms. The van der Waals surface area contributed by atoms with E-state index in [9.17, 15) is 22.8 Å². The summed E-state index contributed by atoms with van der Waals surface area (Å²) < 4.78 is 27.3. The smallest absolute Gasteiger partial charge is 0.243 e. The number of rotatable bonds is 5. The van der Waals surface area contributed by atoms with E-state index in [1.54, 1.807) is 23.1 Å². The summed E-state index contributed by atoms with van der Waals surface area (Å²) in [4.78, 5) is 40.9. The van der Waals surface area contributed by atoms with E-state index < -0.39 is 10.0 Å². The van der Waals surface area contributed by atoms with Gasteiger partial charge in [0, 0.05) is 39.1 Å². The van der Waals surface area contributed by atoms with Crippen LogP contribution in [0.1, 0.15) is 30.4 Å². The van der Waals surface area contributed by atoms with Crippen LogP contribution in [0, 0.1) is 25.7 Å². The quantitative estimate of drug-likeness (QED) is 0.491. The molecular weight excluding hydrogens is 430 g/mol. The topological polar surface area (TPSA) is 95.1 Å². The van der Waals surface area contributed by atoms with E-state index in [2.05, 4.69) is 0 Å². The van der Waals surface area contributed by atoms with Gasteiger partial charge in [-0.25, -0.2) is 8.42 Å². The molecule has 2 atom stereocenters. The van der Waals surface area contributed by atoms with Crippen molar-refractivity contribution in [2.45, 2.75) is 38.0 Å². The van der Waals surface area contributed by atoms with Crippen molar-refractivity contribution in [2.24, 2.45) is 11.8 Å². The molecule has 2 fully saturated rings. The van der Waals surface area contributed by atoms with Crippen molar-refractivity contribution in [1.82, 2.24) is 14.1 Å². The third-order valence-corrected chi connectivity index (χ3v) is 8.75. The Kier molecular flexibility index (Phi) is 6.22. The number of hydrogen-bond acceptors (Lipinski definition) is 5. The summed E-state index contributed by atoms with van der Waals surface area (Å²) in [6, 6.07) is 5.10. The highest BCUT2D eigenvalue weighted by atomic mass is 32.2. The fourth-order valence-corrected chi connectivity index (χ4v) is 6.16. The SMILES string of the molecule is Cc1ccc(S(=O)(=O)N2CCN(C(=O)CCN3C(=O)[C@H]4CC=CC[C@H]4C3=O)CC2)cc1C. The number of carbonyl (C=O) groups excluding carboxylic acids is 3. The summed E-state index contributed by atoms with van der Waals surface area (Å²) in [5, 5.41) is 0. The number of benzene rings is 1. The Bertz CT molecular complexity index is 1050. The summed E-state index contributed by atoms with van der Waals surface area (Å²) in [6.45, 7) is 4.93. The fourth-order valence-electron chi connectivity index (χ4n) is 4.66. The van der Waals surface area contributed by atoms with Crippen LogP contribution < -0.4 is 0 Å². The molecule has 2 aliphatic heterocycles. The van der Waals surface area contributed by atoms with Gasteiger partial charge in [-0.05, 0) is 49.9 Å². The number of allylic oxidation sites excluding steroid dienone is 2. The second-order valence-corrected chi connectivity index (χ2v) is 10.7. The van der Waals surface area contributed by atoms with Crippen LogP contribution in [0.4, 0.5) is 0 Å². The highest BCUT2D eigenvalue weighted by Crippen LogP contribution is 2.35. The molecule has 0 bridgehead atoms. The van der Waals surface area contributed by atoms with Crippen molar-refractivity contribution in [3.63, 3.8) is 0 Å². The number of imide groups is 1. The van der Waals surface area contributed by atoms with Gasteiger partial charge in [0.15, 0.2) is 0 Å². The minimum Gasteiger partial charge on any atom is -0.340 e. The molecule has 0 radical (unpaired) electrons. The molecule has 3 aliphatic rings. The highest BCUT2D eigenvalue weighted by molar-refractivity contribution is 7.89. The van der Waals surface area contributed by atoms with Crippen LogP contribution in [0.2, 0.25) is 0 Å².